The van der Waals surface area contributed by atoms with Crippen LogP contribution in [0.2, 0.25) is 5.02 Å². The van der Waals surface area contributed by atoms with Crippen LogP contribution >= 0.6 is 23.4 Å². The summed E-state index contributed by atoms with van der Waals surface area (Å²) in [6, 6.07) is 3.80. The number of sulfone groups is 1. The van der Waals surface area contributed by atoms with Crippen molar-refractivity contribution in [3.63, 3.8) is 0 Å². The highest BCUT2D eigenvalue weighted by Crippen LogP contribution is 2.39. The Labute approximate surface area is 198 Å². The summed E-state index contributed by atoms with van der Waals surface area (Å²) >= 11 is 5.09. The highest BCUT2D eigenvalue weighted by molar-refractivity contribution is 8.00. The Morgan fingerprint density at radius 2 is 1.74 bits per heavy atom. The number of nitro benzene ring substituents is 1. The van der Waals surface area contributed by atoms with E-state index < -0.39 is 86.1 Å². The Kier molecular flexibility index (Phi) is 8.27. The Bertz CT molecular complexity index is 1270. The first-order valence-electron chi connectivity index (χ1n) is 8.25. The predicted molar refractivity (Wildman–Crippen MR) is 110 cm³/mol. The minimum atomic E-state index is -5.78. The van der Waals surface area contributed by atoms with Gasteiger partial charge in [-0.05, 0) is 42.1 Å². The quantitative estimate of drug-likeness (QED) is 0.217. The Morgan fingerprint density at radius 1 is 1.12 bits per heavy atom. The van der Waals surface area contributed by atoms with Crippen molar-refractivity contribution in [2.75, 3.05) is 11.1 Å². The van der Waals surface area contributed by atoms with E-state index in [2.05, 4.69) is 0 Å². The number of hydrogen-bond acceptors (Lipinski definition) is 7. The minimum Gasteiger partial charge on any atom is -0.324 e. The smallest absolute Gasteiger partial charge is 0.324 e. The molecule has 0 aliphatic heterocycles. The fourth-order valence-electron chi connectivity index (χ4n) is 2.31. The van der Waals surface area contributed by atoms with Gasteiger partial charge in [0.15, 0.2) is 0 Å². The first-order valence-corrected chi connectivity index (χ1v) is 12.3. The topological polar surface area (TPSA) is 123 Å². The van der Waals surface area contributed by atoms with Gasteiger partial charge in [-0.2, -0.15) is 26.3 Å². The fraction of sp³-hybridized carbons (Fsp3) is 0.188. The molecule has 1 unspecified atom stereocenters. The highest BCUT2D eigenvalue weighted by atomic mass is 35.5. The number of nitrogens with zero attached hydrogens (tertiary/aromatic N) is 1. The number of nitrogens with one attached hydrogen (secondary N) is 1. The van der Waals surface area contributed by atoms with E-state index in [0.29, 0.717) is 18.2 Å². The maximum Gasteiger partial charge on any atom is 0.501 e. The second kappa shape index (κ2) is 10.1. The molecule has 0 radical (unpaired) electrons. The molecule has 0 aromatic heterocycles. The highest BCUT2D eigenvalue weighted by Gasteiger charge is 2.47. The van der Waals surface area contributed by atoms with Crippen LogP contribution in [-0.4, -0.2) is 40.2 Å². The van der Waals surface area contributed by atoms with Gasteiger partial charge < -0.3 is 5.32 Å². The summed E-state index contributed by atoms with van der Waals surface area (Å²) < 4.78 is 111. The molecule has 18 heteroatoms. The summed E-state index contributed by atoms with van der Waals surface area (Å²) in [5.41, 5.74) is -11.9. The molecule has 2 aromatic carbocycles. The van der Waals surface area contributed by atoms with Gasteiger partial charge in [-0.3, -0.25) is 19.1 Å². The molecule has 186 valence electrons. The van der Waals surface area contributed by atoms with Crippen molar-refractivity contribution < 1.29 is 48.7 Å². The number of hydrogen-bond donors (Lipinski definition) is 1. The summed E-state index contributed by atoms with van der Waals surface area (Å²) in [6.45, 7) is 0. The molecular weight excluding hydrogens is 562 g/mol. The molecule has 8 nitrogen and oxygen atoms in total. The van der Waals surface area contributed by atoms with E-state index >= 15 is 0 Å². The largest absolute Gasteiger partial charge is 0.501 e. The number of carbonyl (C=O) groups excluding carboxylic acids is 1. The molecule has 2 aromatic rings. The third-order valence-electron chi connectivity index (χ3n) is 3.70. The molecule has 34 heavy (non-hydrogen) atoms. The summed E-state index contributed by atoms with van der Waals surface area (Å²) in [7, 11) is -8.26. The van der Waals surface area contributed by atoms with Gasteiger partial charge in [0.2, 0.25) is 5.91 Å². The van der Waals surface area contributed by atoms with E-state index in [0.717, 1.165) is 18.2 Å². The molecule has 0 fully saturated rings. The van der Waals surface area contributed by atoms with E-state index in [4.69, 9.17) is 11.6 Å². The Hall–Kier alpha value is -2.37. The molecule has 1 N–H and O–H groups in total. The molecule has 0 spiro atoms. The van der Waals surface area contributed by atoms with E-state index in [-0.39, 0.29) is 5.02 Å². The molecule has 0 saturated carbocycles. The maximum absolute atomic E-state index is 12.7. The monoisotopic (exact) mass is 570 g/mol. The third kappa shape index (κ3) is 6.83. The normalized spacial score (nSPS) is 13.4. The number of anilines is 1. The number of thioether (sulfide) groups is 1. The first-order chi connectivity index (χ1) is 15.4. The lowest BCUT2D eigenvalue weighted by Gasteiger charge is -2.12. The van der Waals surface area contributed by atoms with Crippen LogP contribution in [0.25, 0.3) is 0 Å². The SMILES string of the molecule is O=C(CS(=O)c1ccc(SC(F)(F)F)cc1[N+](=O)[O-])Nc1cc(S(=O)(=O)C(F)(F)F)ccc1Cl. The number of rotatable bonds is 7. The first kappa shape index (κ1) is 27.9. The lowest BCUT2D eigenvalue weighted by atomic mass is 10.3. The number of carbonyl (C=O) groups is 1. The maximum atomic E-state index is 12.7. The van der Waals surface area contributed by atoms with Gasteiger partial charge in [-0.25, -0.2) is 8.42 Å². The molecule has 0 bridgehead atoms. The van der Waals surface area contributed by atoms with Gasteiger partial charge in [-0.15, -0.1) is 0 Å². The van der Waals surface area contributed by atoms with Crippen LogP contribution in [0.15, 0.2) is 51.1 Å². The van der Waals surface area contributed by atoms with Crippen molar-refractivity contribution in [1.29, 1.82) is 0 Å². The average Bonchev–Trinajstić information content (AvgIpc) is 2.67. The zero-order valence-electron chi connectivity index (χ0n) is 15.9. The zero-order valence-corrected chi connectivity index (χ0v) is 19.1. The van der Waals surface area contributed by atoms with Gasteiger partial charge in [0.05, 0.1) is 31.3 Å². The van der Waals surface area contributed by atoms with Crippen molar-refractivity contribution >= 4 is 61.3 Å². The predicted octanol–water partition coefficient (Wildman–Crippen LogP) is 4.90. The molecule has 1 amide bonds. The van der Waals surface area contributed by atoms with Crippen molar-refractivity contribution in [3.05, 3.63) is 51.5 Å². The van der Waals surface area contributed by atoms with Crippen molar-refractivity contribution in [1.82, 2.24) is 0 Å². The average molecular weight is 571 g/mol. The summed E-state index contributed by atoms with van der Waals surface area (Å²) in [6.07, 6.45) is 0. The molecule has 2 rings (SSSR count). The van der Waals surface area contributed by atoms with Crippen LogP contribution < -0.4 is 5.32 Å². The summed E-state index contributed by atoms with van der Waals surface area (Å²) in [4.78, 5) is 19.9. The molecular formula is C16H9ClF6N2O6S3. The number of amides is 1. The second-order valence-corrected chi connectivity index (χ2v) is 11.0. The minimum absolute atomic E-state index is 0.375. The van der Waals surface area contributed by atoms with Crippen LogP contribution in [0, 0.1) is 10.1 Å². The number of alkyl halides is 6. The van der Waals surface area contributed by atoms with Gasteiger partial charge in [-0.1, -0.05) is 11.6 Å². The molecule has 0 aliphatic rings. The van der Waals surface area contributed by atoms with Gasteiger partial charge in [0, 0.05) is 11.0 Å². The van der Waals surface area contributed by atoms with E-state index in [1.165, 1.54) is 0 Å². The van der Waals surface area contributed by atoms with Crippen molar-refractivity contribution in [2.45, 2.75) is 25.7 Å². The van der Waals surface area contributed by atoms with E-state index in [1.807, 2.05) is 5.32 Å². The molecule has 0 saturated heterocycles. The van der Waals surface area contributed by atoms with Crippen LogP contribution in [0.1, 0.15) is 0 Å². The second-order valence-electron chi connectivity index (χ2n) is 6.06. The van der Waals surface area contributed by atoms with Crippen LogP contribution in [-0.2, 0) is 25.4 Å². The number of halogens is 7. The van der Waals surface area contributed by atoms with E-state index in [9.17, 15) is 53.9 Å². The van der Waals surface area contributed by atoms with Gasteiger partial charge in [0.25, 0.3) is 15.5 Å². The lowest BCUT2D eigenvalue weighted by Crippen LogP contribution is -2.24. The van der Waals surface area contributed by atoms with Crippen LogP contribution in [0.5, 0.6) is 0 Å². The lowest BCUT2D eigenvalue weighted by molar-refractivity contribution is -0.388. The van der Waals surface area contributed by atoms with Crippen LogP contribution in [0.3, 0.4) is 0 Å². The summed E-state index contributed by atoms with van der Waals surface area (Å²) in [5, 5.41) is 12.8. The Morgan fingerprint density at radius 3 is 2.26 bits per heavy atom. The van der Waals surface area contributed by atoms with Crippen LogP contribution in [0.4, 0.5) is 37.7 Å². The fourth-order valence-corrected chi connectivity index (χ4v) is 4.89. The number of benzene rings is 2. The molecule has 1 atom stereocenters. The molecule has 0 heterocycles. The van der Waals surface area contributed by atoms with Gasteiger partial charge >= 0.3 is 11.0 Å². The zero-order chi connectivity index (χ0) is 26.1. The number of nitro groups is 1. The van der Waals surface area contributed by atoms with E-state index in [1.54, 1.807) is 0 Å². The van der Waals surface area contributed by atoms with Crippen molar-refractivity contribution in [3.8, 4) is 0 Å². The molecule has 0 aliphatic carbocycles. The standard InChI is InChI=1S/C16H9ClF6N2O6S3/c17-10-3-2-9(34(30,31)16(21,22)23)6-11(10)24-14(26)7-33(29)13-4-1-8(32-15(18,19)20)5-12(13)25(27)28/h1-6H,7H2,(H,24,26). The Balaban J connectivity index is 2.27. The summed E-state index contributed by atoms with van der Waals surface area (Å²) in [5.74, 6) is -2.20. The third-order valence-corrected chi connectivity index (χ3v) is 7.59. The van der Waals surface area contributed by atoms with Crippen molar-refractivity contribution in [2.24, 2.45) is 0 Å². The van der Waals surface area contributed by atoms with Gasteiger partial charge in [0.1, 0.15) is 10.6 Å².